The van der Waals surface area contributed by atoms with Gasteiger partial charge in [-0.25, -0.2) is 0 Å². The molecule has 1 aromatic carbocycles. The molecule has 1 atom stereocenters. The quantitative estimate of drug-likeness (QED) is 0.842. The molecule has 0 aliphatic carbocycles. The molecule has 0 saturated carbocycles. The minimum Gasteiger partial charge on any atom is -0.496 e. The van der Waals surface area contributed by atoms with E-state index >= 15 is 0 Å². The maximum Gasteiger partial charge on any atom is 0.122 e. The summed E-state index contributed by atoms with van der Waals surface area (Å²) in [6.07, 6.45) is 2.52. The summed E-state index contributed by atoms with van der Waals surface area (Å²) in [6, 6.07) is 6.92. The van der Waals surface area contributed by atoms with Gasteiger partial charge in [0.1, 0.15) is 5.75 Å². The van der Waals surface area contributed by atoms with Gasteiger partial charge in [0, 0.05) is 11.6 Å². The van der Waals surface area contributed by atoms with Crippen LogP contribution in [0.5, 0.6) is 5.75 Å². The Balaban J connectivity index is 2.42. The molecule has 1 aliphatic rings. The molecule has 0 aromatic heterocycles. The zero-order valence-electron chi connectivity index (χ0n) is 10.4. The normalized spacial score (nSPS) is 20.4. The first-order chi connectivity index (χ1) is 7.74. The first-order valence-corrected chi connectivity index (χ1v) is 6.14. The largest absolute Gasteiger partial charge is 0.496 e. The molecule has 1 aliphatic heterocycles. The van der Waals surface area contributed by atoms with E-state index in [1.165, 1.54) is 24.0 Å². The van der Waals surface area contributed by atoms with Crippen LogP contribution in [-0.4, -0.2) is 13.7 Å². The molecule has 1 aromatic rings. The number of ether oxygens (including phenoxy) is 1. The average molecular weight is 219 g/mol. The van der Waals surface area contributed by atoms with Crippen LogP contribution in [0.4, 0.5) is 0 Å². The van der Waals surface area contributed by atoms with Gasteiger partial charge < -0.3 is 10.1 Å². The minimum absolute atomic E-state index is 0.508. The zero-order valence-corrected chi connectivity index (χ0v) is 10.4. The Hall–Kier alpha value is -1.02. The highest BCUT2D eigenvalue weighted by Gasteiger charge is 2.22. The number of rotatable bonds is 3. The van der Waals surface area contributed by atoms with Crippen molar-refractivity contribution < 1.29 is 4.74 Å². The van der Waals surface area contributed by atoms with Gasteiger partial charge in [0.25, 0.3) is 0 Å². The van der Waals surface area contributed by atoms with Crippen LogP contribution in [0.3, 0.4) is 0 Å². The van der Waals surface area contributed by atoms with Gasteiger partial charge in [-0.3, -0.25) is 0 Å². The summed E-state index contributed by atoms with van der Waals surface area (Å²) in [6.45, 7) is 5.60. The van der Waals surface area contributed by atoms with E-state index < -0.39 is 0 Å². The van der Waals surface area contributed by atoms with Crippen molar-refractivity contribution in [3.63, 3.8) is 0 Å². The molecule has 0 spiro atoms. The number of hydrogen-bond donors (Lipinski definition) is 1. The summed E-state index contributed by atoms with van der Waals surface area (Å²) < 4.78 is 5.48. The molecule has 1 heterocycles. The van der Waals surface area contributed by atoms with Crippen molar-refractivity contribution >= 4 is 0 Å². The maximum absolute atomic E-state index is 5.48. The molecule has 2 nitrogen and oxygen atoms in total. The topological polar surface area (TPSA) is 21.3 Å². The Kier molecular flexibility index (Phi) is 3.49. The Morgan fingerprint density at radius 1 is 1.38 bits per heavy atom. The molecule has 1 saturated heterocycles. The molecule has 2 rings (SSSR count). The Labute approximate surface area is 98.0 Å². The fourth-order valence-electron chi connectivity index (χ4n) is 2.61. The van der Waals surface area contributed by atoms with Crippen LogP contribution in [0, 0.1) is 0 Å². The van der Waals surface area contributed by atoms with E-state index in [-0.39, 0.29) is 0 Å². The van der Waals surface area contributed by atoms with Crippen LogP contribution >= 0.6 is 0 Å². The summed E-state index contributed by atoms with van der Waals surface area (Å²) in [7, 11) is 1.76. The highest BCUT2D eigenvalue weighted by atomic mass is 16.5. The molecule has 0 bridgehead atoms. The van der Waals surface area contributed by atoms with E-state index in [0.717, 1.165) is 12.3 Å². The van der Waals surface area contributed by atoms with E-state index in [2.05, 4.69) is 37.4 Å². The van der Waals surface area contributed by atoms with Gasteiger partial charge in [-0.15, -0.1) is 0 Å². The summed E-state index contributed by atoms with van der Waals surface area (Å²) >= 11 is 0. The molecule has 1 fully saturated rings. The summed E-state index contributed by atoms with van der Waals surface area (Å²) in [4.78, 5) is 0. The van der Waals surface area contributed by atoms with Crippen molar-refractivity contribution in [2.75, 3.05) is 13.7 Å². The Morgan fingerprint density at radius 3 is 2.75 bits per heavy atom. The van der Waals surface area contributed by atoms with E-state index in [1.807, 2.05) is 0 Å². The molecule has 1 N–H and O–H groups in total. The van der Waals surface area contributed by atoms with Gasteiger partial charge in [-0.05, 0) is 36.9 Å². The summed E-state index contributed by atoms with van der Waals surface area (Å²) in [5.74, 6) is 1.54. The first-order valence-electron chi connectivity index (χ1n) is 6.14. The first kappa shape index (κ1) is 11.5. The lowest BCUT2D eigenvalue weighted by Crippen LogP contribution is -2.15. The van der Waals surface area contributed by atoms with Crippen molar-refractivity contribution in [1.29, 1.82) is 0 Å². The molecule has 16 heavy (non-hydrogen) atoms. The van der Waals surface area contributed by atoms with E-state index in [1.54, 1.807) is 7.11 Å². The Morgan fingerprint density at radius 2 is 2.19 bits per heavy atom. The van der Waals surface area contributed by atoms with Gasteiger partial charge in [0.15, 0.2) is 0 Å². The van der Waals surface area contributed by atoms with Crippen LogP contribution in [-0.2, 0) is 0 Å². The second-order valence-electron chi connectivity index (χ2n) is 4.77. The van der Waals surface area contributed by atoms with Crippen molar-refractivity contribution in [3.8, 4) is 5.75 Å². The fraction of sp³-hybridized carbons (Fsp3) is 0.571. The lowest BCUT2D eigenvalue weighted by molar-refractivity contribution is 0.405. The number of methoxy groups -OCH3 is 1. The van der Waals surface area contributed by atoms with E-state index in [9.17, 15) is 0 Å². The lowest BCUT2D eigenvalue weighted by atomic mass is 9.91. The van der Waals surface area contributed by atoms with Crippen molar-refractivity contribution in [2.24, 2.45) is 0 Å². The average Bonchev–Trinajstić information content (AvgIpc) is 2.81. The third-order valence-corrected chi connectivity index (χ3v) is 3.33. The van der Waals surface area contributed by atoms with Crippen molar-refractivity contribution in [3.05, 3.63) is 29.3 Å². The highest BCUT2D eigenvalue weighted by molar-refractivity contribution is 5.44. The molecule has 0 radical (unpaired) electrons. The molecular formula is C14H21NO. The second kappa shape index (κ2) is 4.88. The van der Waals surface area contributed by atoms with Crippen molar-refractivity contribution in [1.82, 2.24) is 5.32 Å². The zero-order chi connectivity index (χ0) is 11.5. The monoisotopic (exact) mass is 219 g/mol. The summed E-state index contributed by atoms with van der Waals surface area (Å²) in [5.41, 5.74) is 2.79. The third kappa shape index (κ3) is 2.07. The number of benzene rings is 1. The number of nitrogens with one attached hydrogen (secondary N) is 1. The van der Waals surface area contributed by atoms with Crippen LogP contribution in [0.15, 0.2) is 18.2 Å². The van der Waals surface area contributed by atoms with Gasteiger partial charge in [0.05, 0.1) is 7.11 Å². The van der Waals surface area contributed by atoms with Crippen LogP contribution in [0.25, 0.3) is 0 Å². The minimum atomic E-state index is 0.508. The van der Waals surface area contributed by atoms with Crippen LogP contribution in [0.2, 0.25) is 0 Å². The van der Waals surface area contributed by atoms with Gasteiger partial charge in [0.2, 0.25) is 0 Å². The summed E-state index contributed by atoms with van der Waals surface area (Å²) in [5, 5.41) is 3.56. The number of hydrogen-bond acceptors (Lipinski definition) is 2. The molecular weight excluding hydrogens is 198 g/mol. The second-order valence-corrected chi connectivity index (χ2v) is 4.77. The molecule has 1 unspecified atom stereocenters. The fourth-order valence-corrected chi connectivity index (χ4v) is 2.61. The Bertz CT molecular complexity index is 354. The smallest absolute Gasteiger partial charge is 0.122 e. The van der Waals surface area contributed by atoms with Crippen molar-refractivity contribution in [2.45, 2.75) is 38.6 Å². The lowest BCUT2D eigenvalue weighted by Gasteiger charge is -2.21. The van der Waals surface area contributed by atoms with Gasteiger partial charge in [-0.1, -0.05) is 26.0 Å². The third-order valence-electron chi connectivity index (χ3n) is 3.33. The molecule has 0 amide bonds. The van der Waals surface area contributed by atoms with E-state index in [4.69, 9.17) is 4.74 Å². The SMILES string of the molecule is COc1cccc(C2CCCN2)c1C(C)C. The van der Waals surface area contributed by atoms with Gasteiger partial charge >= 0.3 is 0 Å². The maximum atomic E-state index is 5.48. The predicted molar refractivity (Wildman–Crippen MR) is 67.1 cm³/mol. The van der Waals surface area contributed by atoms with Crippen LogP contribution < -0.4 is 10.1 Å². The molecule has 2 heteroatoms. The standard InChI is InChI=1S/C14H21NO/c1-10(2)14-11(12-7-5-9-15-12)6-4-8-13(14)16-3/h4,6,8,10,12,15H,5,7,9H2,1-3H3. The van der Waals surface area contributed by atoms with Crippen LogP contribution in [0.1, 0.15) is 49.8 Å². The molecule has 88 valence electrons. The predicted octanol–water partition coefficient (Wildman–Crippen LogP) is 3.24. The van der Waals surface area contributed by atoms with E-state index in [0.29, 0.717) is 12.0 Å². The highest BCUT2D eigenvalue weighted by Crippen LogP contribution is 2.35. The van der Waals surface area contributed by atoms with Gasteiger partial charge in [-0.2, -0.15) is 0 Å².